The van der Waals surface area contributed by atoms with Crippen molar-refractivity contribution in [2.24, 2.45) is 0 Å². The number of carbonyl (C=O) groups excluding carboxylic acids is 3. The van der Waals surface area contributed by atoms with Gasteiger partial charge in [-0.15, -0.1) is 0 Å². The third-order valence-electron chi connectivity index (χ3n) is 4.19. The molecule has 2 rings (SSSR count). The Morgan fingerprint density at radius 1 is 1.04 bits per heavy atom. The zero-order valence-corrected chi connectivity index (χ0v) is 16.5. The van der Waals surface area contributed by atoms with E-state index in [0.717, 1.165) is 17.5 Å². The summed E-state index contributed by atoms with van der Waals surface area (Å²) >= 11 is 0. The summed E-state index contributed by atoms with van der Waals surface area (Å²) < 4.78 is 0. The summed E-state index contributed by atoms with van der Waals surface area (Å²) in [7, 11) is 0. The van der Waals surface area contributed by atoms with Gasteiger partial charge < -0.3 is 0 Å². The largest absolute Gasteiger partial charge is 0.298 e. The molecule has 0 saturated carbocycles. The molecular formula is C22H26N2O3. The van der Waals surface area contributed by atoms with Gasteiger partial charge >= 0.3 is 0 Å². The second-order valence-electron chi connectivity index (χ2n) is 7.55. The van der Waals surface area contributed by atoms with Gasteiger partial charge in [-0.3, -0.25) is 19.8 Å². The number of carbonyl (C=O) groups is 3. The number of aryl methyl sites for hydroxylation is 2. The van der Waals surface area contributed by atoms with Crippen LogP contribution >= 0.6 is 0 Å². The first-order valence-electron chi connectivity index (χ1n) is 8.97. The van der Waals surface area contributed by atoms with E-state index < -0.39 is 5.54 Å². The second kappa shape index (κ2) is 8.16. The van der Waals surface area contributed by atoms with E-state index in [9.17, 15) is 14.4 Å². The fraction of sp³-hybridized carbons (Fsp3) is 0.318. The van der Waals surface area contributed by atoms with Gasteiger partial charge in [0.05, 0.1) is 5.54 Å². The summed E-state index contributed by atoms with van der Waals surface area (Å²) in [5.74, 6) is -0.725. The molecule has 0 heterocycles. The molecule has 0 saturated heterocycles. The highest BCUT2D eigenvalue weighted by Crippen LogP contribution is 2.18. The number of rotatable bonds is 4. The SMILES string of the molecule is CCc1ccc(C(=O)NN(C(=O)c2cc(C)cc(C=O)c2)C(C)(C)C)cc1. The number of hydrazine groups is 1. The normalized spacial score (nSPS) is 11.0. The molecule has 2 aromatic rings. The molecule has 0 aromatic heterocycles. The van der Waals surface area contributed by atoms with Gasteiger partial charge in [0, 0.05) is 16.7 Å². The van der Waals surface area contributed by atoms with E-state index in [1.54, 1.807) is 24.3 Å². The Morgan fingerprint density at radius 2 is 1.67 bits per heavy atom. The van der Waals surface area contributed by atoms with Gasteiger partial charge in [-0.2, -0.15) is 0 Å². The van der Waals surface area contributed by atoms with Crippen LogP contribution in [-0.2, 0) is 6.42 Å². The van der Waals surface area contributed by atoms with Gasteiger partial charge in [0.15, 0.2) is 0 Å². The summed E-state index contributed by atoms with van der Waals surface area (Å²) in [4.78, 5) is 36.9. The van der Waals surface area contributed by atoms with Crippen LogP contribution < -0.4 is 5.43 Å². The lowest BCUT2D eigenvalue weighted by Gasteiger charge is -2.35. The summed E-state index contributed by atoms with van der Waals surface area (Å²) in [6.07, 6.45) is 1.60. The fourth-order valence-corrected chi connectivity index (χ4v) is 2.71. The van der Waals surface area contributed by atoms with Crippen LogP contribution in [0, 0.1) is 6.92 Å². The minimum absolute atomic E-state index is 0.355. The third-order valence-corrected chi connectivity index (χ3v) is 4.19. The number of hydrogen-bond acceptors (Lipinski definition) is 3. The van der Waals surface area contributed by atoms with Crippen molar-refractivity contribution in [2.75, 3.05) is 0 Å². The molecule has 0 aliphatic rings. The lowest BCUT2D eigenvalue weighted by atomic mass is 10.0. The van der Waals surface area contributed by atoms with E-state index in [1.807, 2.05) is 46.8 Å². The summed E-state index contributed by atoms with van der Waals surface area (Å²) in [6.45, 7) is 9.37. The second-order valence-corrected chi connectivity index (χ2v) is 7.55. The van der Waals surface area contributed by atoms with Crippen molar-refractivity contribution in [3.05, 3.63) is 70.3 Å². The minimum Gasteiger partial charge on any atom is -0.298 e. The predicted molar refractivity (Wildman–Crippen MR) is 106 cm³/mol. The molecule has 27 heavy (non-hydrogen) atoms. The molecule has 2 amide bonds. The van der Waals surface area contributed by atoms with Crippen LogP contribution in [-0.4, -0.2) is 28.6 Å². The first-order valence-corrected chi connectivity index (χ1v) is 8.97. The molecule has 0 radical (unpaired) electrons. The first kappa shape index (κ1) is 20.4. The molecule has 142 valence electrons. The van der Waals surface area contributed by atoms with Crippen LogP contribution in [0.3, 0.4) is 0 Å². The van der Waals surface area contributed by atoms with Crippen molar-refractivity contribution in [1.29, 1.82) is 0 Å². The number of aldehydes is 1. The molecule has 0 atom stereocenters. The number of nitrogens with one attached hydrogen (secondary N) is 1. The first-order chi connectivity index (χ1) is 12.7. The van der Waals surface area contributed by atoms with Crippen molar-refractivity contribution in [3.8, 4) is 0 Å². The van der Waals surface area contributed by atoms with E-state index in [2.05, 4.69) is 5.43 Å². The van der Waals surface area contributed by atoms with Crippen LogP contribution in [0.1, 0.15) is 69.9 Å². The maximum atomic E-state index is 13.1. The average Bonchev–Trinajstić information content (AvgIpc) is 2.63. The molecule has 0 bridgehead atoms. The van der Waals surface area contributed by atoms with Gasteiger partial charge in [0.1, 0.15) is 6.29 Å². The van der Waals surface area contributed by atoms with Crippen molar-refractivity contribution in [1.82, 2.24) is 10.4 Å². The highest BCUT2D eigenvalue weighted by atomic mass is 16.2. The Bertz CT molecular complexity index is 849. The zero-order chi connectivity index (χ0) is 20.2. The van der Waals surface area contributed by atoms with Gasteiger partial charge in [-0.05, 0) is 75.6 Å². The molecule has 5 heteroatoms. The lowest BCUT2D eigenvalue weighted by molar-refractivity contribution is 0.0358. The van der Waals surface area contributed by atoms with Gasteiger partial charge in [0.2, 0.25) is 0 Å². The maximum Gasteiger partial charge on any atom is 0.272 e. The molecule has 2 aromatic carbocycles. The molecule has 5 nitrogen and oxygen atoms in total. The highest BCUT2D eigenvalue weighted by molar-refractivity contribution is 6.00. The lowest BCUT2D eigenvalue weighted by Crippen LogP contribution is -2.55. The van der Waals surface area contributed by atoms with Crippen LogP contribution in [0.15, 0.2) is 42.5 Å². The van der Waals surface area contributed by atoms with Gasteiger partial charge in [0.25, 0.3) is 11.8 Å². The van der Waals surface area contributed by atoms with E-state index >= 15 is 0 Å². The van der Waals surface area contributed by atoms with E-state index in [0.29, 0.717) is 23.0 Å². The zero-order valence-electron chi connectivity index (χ0n) is 16.5. The monoisotopic (exact) mass is 366 g/mol. The van der Waals surface area contributed by atoms with Gasteiger partial charge in [-0.25, -0.2) is 5.01 Å². The Hall–Kier alpha value is -2.95. The van der Waals surface area contributed by atoms with E-state index in [4.69, 9.17) is 0 Å². The molecule has 0 unspecified atom stereocenters. The number of hydrogen-bond donors (Lipinski definition) is 1. The molecule has 0 aliphatic carbocycles. The third kappa shape index (κ3) is 5.03. The van der Waals surface area contributed by atoms with Crippen molar-refractivity contribution in [2.45, 2.75) is 46.6 Å². The molecular weight excluding hydrogens is 340 g/mol. The van der Waals surface area contributed by atoms with Crippen molar-refractivity contribution in [3.63, 3.8) is 0 Å². The Morgan fingerprint density at radius 3 is 2.19 bits per heavy atom. The van der Waals surface area contributed by atoms with E-state index in [-0.39, 0.29) is 11.8 Å². The van der Waals surface area contributed by atoms with E-state index in [1.165, 1.54) is 11.1 Å². The average molecular weight is 366 g/mol. The maximum absolute atomic E-state index is 13.1. The fourth-order valence-electron chi connectivity index (χ4n) is 2.71. The quantitative estimate of drug-likeness (QED) is 0.658. The molecule has 0 spiro atoms. The summed E-state index contributed by atoms with van der Waals surface area (Å²) in [5.41, 5.74) is 5.27. The number of amides is 2. The number of benzene rings is 2. The standard InChI is InChI=1S/C22H26N2O3/c1-6-16-7-9-18(10-8-16)20(26)23-24(22(3,4)5)21(27)19-12-15(2)11-17(13-19)14-25/h7-14H,6H2,1-5H3,(H,23,26). The topological polar surface area (TPSA) is 66.5 Å². The van der Waals surface area contributed by atoms with Crippen molar-refractivity contribution < 1.29 is 14.4 Å². The Kier molecular flexibility index (Phi) is 6.16. The molecule has 1 N–H and O–H groups in total. The van der Waals surface area contributed by atoms with Gasteiger partial charge in [-0.1, -0.05) is 19.1 Å². The van der Waals surface area contributed by atoms with Crippen LogP contribution in [0.4, 0.5) is 0 Å². The molecule has 0 fully saturated rings. The highest BCUT2D eigenvalue weighted by Gasteiger charge is 2.30. The number of nitrogens with zero attached hydrogens (tertiary/aromatic N) is 1. The van der Waals surface area contributed by atoms with Crippen LogP contribution in [0.5, 0.6) is 0 Å². The summed E-state index contributed by atoms with van der Waals surface area (Å²) in [6, 6.07) is 12.2. The van der Waals surface area contributed by atoms with Crippen LogP contribution in [0.25, 0.3) is 0 Å². The Labute approximate surface area is 160 Å². The predicted octanol–water partition coefficient (Wildman–Crippen LogP) is 3.96. The molecule has 0 aliphatic heterocycles. The Balaban J connectivity index is 2.32. The minimum atomic E-state index is -0.652. The van der Waals surface area contributed by atoms with Crippen LogP contribution in [0.2, 0.25) is 0 Å². The smallest absolute Gasteiger partial charge is 0.272 e. The summed E-state index contributed by atoms with van der Waals surface area (Å²) in [5, 5.41) is 1.31. The van der Waals surface area contributed by atoms with Crippen molar-refractivity contribution >= 4 is 18.1 Å².